The van der Waals surface area contributed by atoms with Gasteiger partial charge in [0, 0.05) is 33.4 Å². The first-order chi connectivity index (χ1) is 6.68. The van der Waals surface area contributed by atoms with E-state index < -0.39 is 0 Å². The molecule has 0 aliphatic carbocycles. The zero-order valence-corrected chi connectivity index (χ0v) is 11.0. The van der Waals surface area contributed by atoms with E-state index in [-0.39, 0.29) is 37.0 Å². The summed E-state index contributed by atoms with van der Waals surface area (Å²) in [6, 6.07) is 0.152. The molecule has 1 aromatic rings. The highest BCUT2D eigenvalue weighted by Gasteiger charge is 2.28. The van der Waals surface area contributed by atoms with Crippen LogP contribution < -0.4 is 10.2 Å². The lowest BCUT2D eigenvalue weighted by Crippen LogP contribution is -2.40. The van der Waals surface area contributed by atoms with E-state index in [1.165, 1.54) is 0 Å². The minimum atomic E-state index is -0.291. The minimum Gasteiger partial charge on any atom is -0.390 e. The summed E-state index contributed by atoms with van der Waals surface area (Å²) < 4.78 is 1.76. The Kier molecular flexibility index (Phi) is 6.10. The van der Waals surface area contributed by atoms with Crippen LogP contribution >= 0.6 is 24.8 Å². The van der Waals surface area contributed by atoms with E-state index in [1.807, 2.05) is 26.5 Å². The number of aliphatic hydroxyl groups excluding tert-OH is 1. The van der Waals surface area contributed by atoms with Gasteiger partial charge in [0.2, 0.25) is 0 Å². The van der Waals surface area contributed by atoms with Crippen LogP contribution in [0.2, 0.25) is 0 Å². The third-order valence-corrected chi connectivity index (χ3v) is 2.75. The second-order valence-corrected chi connectivity index (χ2v) is 3.78. The number of rotatable bonds is 2. The van der Waals surface area contributed by atoms with Crippen molar-refractivity contribution in [2.75, 3.05) is 25.0 Å². The number of aliphatic hydroxyl groups is 1. The number of hydrogen-bond donors (Lipinski definition) is 2. The molecule has 0 unspecified atom stereocenters. The number of β-amino-alcohol motifs (C(OH)–C–C–N with tert-alkyl or cyclic N) is 1. The third kappa shape index (κ3) is 3.01. The summed E-state index contributed by atoms with van der Waals surface area (Å²) >= 11 is 0. The molecule has 0 amide bonds. The predicted octanol–water partition coefficient (Wildman–Crippen LogP) is 0.0326. The normalized spacial score (nSPS) is 23.4. The van der Waals surface area contributed by atoms with Crippen LogP contribution in [-0.2, 0) is 7.05 Å². The molecule has 1 aromatic heterocycles. The van der Waals surface area contributed by atoms with Gasteiger partial charge in [0.15, 0.2) is 0 Å². The molecule has 16 heavy (non-hydrogen) atoms. The minimum absolute atomic E-state index is 0. The summed E-state index contributed by atoms with van der Waals surface area (Å²) in [5.74, 6) is 0. The van der Waals surface area contributed by atoms with Crippen LogP contribution in [0.25, 0.3) is 0 Å². The summed E-state index contributed by atoms with van der Waals surface area (Å²) in [6.45, 7) is 1.50. The van der Waals surface area contributed by atoms with Crippen LogP contribution in [0.5, 0.6) is 0 Å². The number of nitrogens with one attached hydrogen (secondary N) is 1. The Morgan fingerprint density at radius 1 is 1.50 bits per heavy atom. The first-order valence-corrected chi connectivity index (χ1v) is 4.79. The molecular weight excluding hydrogens is 251 g/mol. The van der Waals surface area contributed by atoms with Gasteiger partial charge in [-0.25, -0.2) is 0 Å². The first kappa shape index (κ1) is 15.5. The molecule has 5 nitrogen and oxygen atoms in total. The second kappa shape index (κ2) is 6.30. The molecule has 0 aromatic carbocycles. The van der Waals surface area contributed by atoms with E-state index >= 15 is 0 Å². The first-order valence-electron chi connectivity index (χ1n) is 4.79. The van der Waals surface area contributed by atoms with Crippen molar-refractivity contribution in [3.63, 3.8) is 0 Å². The monoisotopic (exact) mass is 268 g/mol. The van der Waals surface area contributed by atoms with Gasteiger partial charge in [-0.15, -0.1) is 24.8 Å². The molecule has 0 spiro atoms. The highest BCUT2D eigenvalue weighted by molar-refractivity contribution is 5.85. The molecule has 2 atom stereocenters. The molecule has 1 aliphatic heterocycles. The number of halogens is 2. The van der Waals surface area contributed by atoms with Crippen LogP contribution in [-0.4, -0.2) is 47.2 Å². The standard InChI is InChI=1S/C9H16N4O.2ClH/c1-12-6-7(3-11-12)13(2)8-4-10-5-9(8)14;;/h3,6,8-10,14H,4-5H2,1-2H3;2*1H/t8-,9-;;/m1../s1. The van der Waals surface area contributed by atoms with E-state index in [0.29, 0.717) is 6.54 Å². The van der Waals surface area contributed by atoms with Crippen molar-refractivity contribution in [2.24, 2.45) is 7.05 Å². The fourth-order valence-electron chi connectivity index (χ4n) is 1.83. The summed E-state index contributed by atoms with van der Waals surface area (Å²) in [5, 5.41) is 17.0. The van der Waals surface area contributed by atoms with Crippen LogP contribution in [0.4, 0.5) is 5.69 Å². The summed E-state index contributed by atoms with van der Waals surface area (Å²) in [7, 11) is 3.87. The maximum atomic E-state index is 9.70. The predicted molar refractivity (Wildman–Crippen MR) is 68.8 cm³/mol. The molecule has 1 fully saturated rings. The van der Waals surface area contributed by atoms with E-state index in [4.69, 9.17) is 0 Å². The average molecular weight is 269 g/mol. The summed E-state index contributed by atoms with van der Waals surface area (Å²) in [4.78, 5) is 2.07. The van der Waals surface area contributed by atoms with Crippen molar-refractivity contribution in [2.45, 2.75) is 12.1 Å². The van der Waals surface area contributed by atoms with Crippen molar-refractivity contribution >= 4 is 30.5 Å². The van der Waals surface area contributed by atoms with Gasteiger partial charge in [0.1, 0.15) is 0 Å². The van der Waals surface area contributed by atoms with Gasteiger partial charge in [-0.1, -0.05) is 0 Å². The molecule has 1 aliphatic rings. The fraction of sp³-hybridized carbons (Fsp3) is 0.667. The van der Waals surface area contributed by atoms with E-state index in [9.17, 15) is 5.11 Å². The number of hydrogen-bond acceptors (Lipinski definition) is 4. The SMILES string of the molecule is CN(c1cnn(C)c1)[C@@H]1CNC[C@H]1O.Cl.Cl. The highest BCUT2D eigenvalue weighted by atomic mass is 35.5. The van der Waals surface area contributed by atoms with Gasteiger partial charge >= 0.3 is 0 Å². The van der Waals surface area contributed by atoms with Gasteiger partial charge in [0.25, 0.3) is 0 Å². The molecule has 2 N–H and O–H groups in total. The molecule has 0 bridgehead atoms. The lowest BCUT2D eigenvalue weighted by atomic mass is 10.2. The maximum absolute atomic E-state index is 9.70. The van der Waals surface area contributed by atoms with Crippen molar-refractivity contribution in [1.82, 2.24) is 15.1 Å². The molecule has 0 radical (unpaired) electrons. The van der Waals surface area contributed by atoms with Crippen molar-refractivity contribution < 1.29 is 5.11 Å². The Bertz CT molecular complexity index is 320. The quantitative estimate of drug-likeness (QED) is 0.795. The Hall–Kier alpha value is -0.490. The van der Waals surface area contributed by atoms with Gasteiger partial charge in [-0.2, -0.15) is 5.10 Å². The number of aryl methyl sites for hydroxylation is 1. The molecule has 94 valence electrons. The van der Waals surface area contributed by atoms with Crippen LogP contribution in [0.1, 0.15) is 0 Å². The zero-order valence-electron chi connectivity index (χ0n) is 9.33. The van der Waals surface area contributed by atoms with Crippen molar-refractivity contribution in [3.05, 3.63) is 12.4 Å². The Morgan fingerprint density at radius 2 is 2.19 bits per heavy atom. The summed E-state index contributed by atoms with van der Waals surface area (Å²) in [5.41, 5.74) is 1.04. The number of aromatic nitrogens is 2. The molecule has 7 heteroatoms. The topological polar surface area (TPSA) is 53.3 Å². The average Bonchev–Trinajstić information content (AvgIpc) is 2.73. The van der Waals surface area contributed by atoms with E-state index in [2.05, 4.69) is 15.3 Å². The Labute approximate surface area is 108 Å². The number of likely N-dealkylation sites (N-methyl/N-ethyl adjacent to an activating group) is 1. The van der Waals surface area contributed by atoms with Gasteiger partial charge in [-0.05, 0) is 0 Å². The van der Waals surface area contributed by atoms with Crippen molar-refractivity contribution in [1.29, 1.82) is 0 Å². The van der Waals surface area contributed by atoms with E-state index in [1.54, 1.807) is 4.68 Å². The smallest absolute Gasteiger partial charge is 0.0879 e. The van der Waals surface area contributed by atoms with Gasteiger partial charge in [-0.3, -0.25) is 4.68 Å². The lowest BCUT2D eigenvalue weighted by molar-refractivity contribution is 0.177. The second-order valence-electron chi connectivity index (χ2n) is 3.78. The largest absolute Gasteiger partial charge is 0.390 e. The van der Waals surface area contributed by atoms with Crippen LogP contribution in [0.3, 0.4) is 0 Å². The number of nitrogens with zero attached hydrogens (tertiary/aromatic N) is 3. The fourth-order valence-corrected chi connectivity index (χ4v) is 1.83. The van der Waals surface area contributed by atoms with Gasteiger partial charge in [0.05, 0.1) is 24.0 Å². The lowest BCUT2D eigenvalue weighted by Gasteiger charge is -2.26. The van der Waals surface area contributed by atoms with Gasteiger partial charge < -0.3 is 15.3 Å². The van der Waals surface area contributed by atoms with Crippen LogP contribution in [0.15, 0.2) is 12.4 Å². The zero-order chi connectivity index (χ0) is 10.1. The van der Waals surface area contributed by atoms with Crippen LogP contribution in [0, 0.1) is 0 Å². The van der Waals surface area contributed by atoms with E-state index in [0.717, 1.165) is 12.2 Å². The summed E-state index contributed by atoms with van der Waals surface area (Å²) in [6.07, 6.45) is 3.47. The third-order valence-electron chi connectivity index (χ3n) is 2.75. The molecule has 0 saturated carbocycles. The highest BCUT2D eigenvalue weighted by Crippen LogP contribution is 2.17. The molecule has 2 rings (SSSR count). The maximum Gasteiger partial charge on any atom is 0.0879 e. The number of anilines is 1. The molecular formula is C9H18Cl2N4O. The molecule has 2 heterocycles. The Morgan fingerprint density at radius 3 is 2.62 bits per heavy atom. The van der Waals surface area contributed by atoms with Crippen molar-refractivity contribution in [3.8, 4) is 0 Å². The molecule has 1 saturated heterocycles. The Balaban J connectivity index is 0.00000112.